The van der Waals surface area contributed by atoms with Crippen molar-refractivity contribution in [3.63, 3.8) is 0 Å². The fourth-order valence-electron chi connectivity index (χ4n) is 3.53. The molecule has 1 saturated carbocycles. The lowest BCUT2D eigenvalue weighted by Gasteiger charge is -2.38. The van der Waals surface area contributed by atoms with E-state index in [1.54, 1.807) is 0 Å². The van der Waals surface area contributed by atoms with Gasteiger partial charge in [0.1, 0.15) is 11.4 Å². The SMILES string of the molecule is CCCOc1cccc2c1NCCC1(CCCCC1)N2. The lowest BCUT2D eigenvalue weighted by Crippen LogP contribution is -2.40. The first-order chi connectivity index (χ1) is 9.83. The molecule has 3 heteroatoms. The van der Waals surface area contributed by atoms with Crippen LogP contribution in [0.5, 0.6) is 5.75 Å². The van der Waals surface area contributed by atoms with Crippen molar-refractivity contribution in [2.24, 2.45) is 0 Å². The first-order valence-electron chi connectivity index (χ1n) is 8.11. The van der Waals surface area contributed by atoms with Gasteiger partial charge in [0.15, 0.2) is 0 Å². The number of ether oxygens (including phenoxy) is 1. The average Bonchev–Trinajstić information content (AvgIpc) is 2.65. The molecule has 1 spiro atoms. The van der Waals surface area contributed by atoms with Crippen LogP contribution in [0.2, 0.25) is 0 Å². The van der Waals surface area contributed by atoms with Crippen LogP contribution in [0.1, 0.15) is 51.9 Å². The Hall–Kier alpha value is -1.38. The van der Waals surface area contributed by atoms with Crippen LogP contribution in [-0.4, -0.2) is 18.7 Å². The molecular formula is C17H26N2O. The third-order valence-electron chi connectivity index (χ3n) is 4.60. The molecule has 1 aromatic carbocycles. The molecule has 1 heterocycles. The highest BCUT2D eigenvalue weighted by molar-refractivity contribution is 5.77. The minimum absolute atomic E-state index is 0.305. The summed E-state index contributed by atoms with van der Waals surface area (Å²) in [6.07, 6.45) is 8.95. The predicted molar refractivity (Wildman–Crippen MR) is 84.8 cm³/mol. The van der Waals surface area contributed by atoms with E-state index in [-0.39, 0.29) is 0 Å². The molecule has 0 bridgehead atoms. The van der Waals surface area contributed by atoms with Crippen molar-refractivity contribution in [3.05, 3.63) is 18.2 Å². The van der Waals surface area contributed by atoms with E-state index in [9.17, 15) is 0 Å². The molecule has 0 amide bonds. The van der Waals surface area contributed by atoms with Gasteiger partial charge in [-0.25, -0.2) is 0 Å². The average molecular weight is 274 g/mol. The largest absolute Gasteiger partial charge is 0.491 e. The molecule has 0 saturated heterocycles. The third-order valence-corrected chi connectivity index (χ3v) is 4.60. The van der Waals surface area contributed by atoms with Gasteiger partial charge in [0.25, 0.3) is 0 Å². The zero-order chi connectivity index (χ0) is 13.8. The number of hydrogen-bond donors (Lipinski definition) is 2. The summed E-state index contributed by atoms with van der Waals surface area (Å²) in [6.45, 7) is 3.96. The van der Waals surface area contributed by atoms with Crippen molar-refractivity contribution in [2.45, 2.75) is 57.4 Å². The van der Waals surface area contributed by atoms with Crippen molar-refractivity contribution >= 4 is 11.4 Å². The zero-order valence-corrected chi connectivity index (χ0v) is 12.5. The molecule has 1 aliphatic heterocycles. The van der Waals surface area contributed by atoms with Crippen molar-refractivity contribution in [1.29, 1.82) is 0 Å². The molecule has 0 radical (unpaired) electrons. The standard InChI is InChI=1S/C17H26N2O/c1-2-13-20-15-8-6-7-14-16(15)18-12-11-17(19-14)9-4-3-5-10-17/h6-8,18-19H,2-5,9-13H2,1H3. The highest BCUT2D eigenvalue weighted by atomic mass is 16.5. The van der Waals surface area contributed by atoms with E-state index in [1.165, 1.54) is 44.2 Å². The van der Waals surface area contributed by atoms with Crippen LogP contribution < -0.4 is 15.4 Å². The Labute approximate surface area is 122 Å². The molecule has 1 aliphatic carbocycles. The molecule has 2 N–H and O–H groups in total. The summed E-state index contributed by atoms with van der Waals surface area (Å²) in [5, 5.41) is 7.44. The Morgan fingerprint density at radius 2 is 2.00 bits per heavy atom. The van der Waals surface area contributed by atoms with Crippen LogP contribution >= 0.6 is 0 Å². The van der Waals surface area contributed by atoms with Gasteiger partial charge in [-0.05, 0) is 37.8 Å². The summed E-state index contributed by atoms with van der Waals surface area (Å²) >= 11 is 0. The van der Waals surface area contributed by atoms with E-state index in [2.05, 4.69) is 35.8 Å². The van der Waals surface area contributed by atoms with Crippen molar-refractivity contribution in [1.82, 2.24) is 0 Å². The number of hydrogen-bond acceptors (Lipinski definition) is 3. The van der Waals surface area contributed by atoms with E-state index in [1.807, 2.05) is 0 Å². The van der Waals surface area contributed by atoms with E-state index >= 15 is 0 Å². The fourth-order valence-corrected chi connectivity index (χ4v) is 3.53. The molecule has 1 fully saturated rings. The minimum atomic E-state index is 0.305. The predicted octanol–water partition coefficient (Wildman–Crippen LogP) is 4.41. The normalized spacial score (nSPS) is 20.4. The third kappa shape index (κ3) is 2.72. The van der Waals surface area contributed by atoms with Gasteiger partial charge in [-0.3, -0.25) is 0 Å². The second-order valence-electron chi connectivity index (χ2n) is 6.17. The lowest BCUT2D eigenvalue weighted by atomic mass is 9.79. The summed E-state index contributed by atoms with van der Waals surface area (Å²) in [4.78, 5) is 0. The molecule has 110 valence electrons. The van der Waals surface area contributed by atoms with E-state index < -0.39 is 0 Å². The topological polar surface area (TPSA) is 33.3 Å². The Morgan fingerprint density at radius 1 is 1.15 bits per heavy atom. The van der Waals surface area contributed by atoms with E-state index in [4.69, 9.17) is 4.74 Å². The minimum Gasteiger partial charge on any atom is -0.491 e. The smallest absolute Gasteiger partial charge is 0.144 e. The lowest BCUT2D eigenvalue weighted by molar-refractivity contribution is 0.313. The van der Waals surface area contributed by atoms with Gasteiger partial charge in [0.05, 0.1) is 12.3 Å². The maximum absolute atomic E-state index is 5.88. The second-order valence-corrected chi connectivity index (χ2v) is 6.17. The van der Waals surface area contributed by atoms with Crippen LogP contribution in [0.25, 0.3) is 0 Å². The van der Waals surface area contributed by atoms with Crippen molar-refractivity contribution < 1.29 is 4.74 Å². The van der Waals surface area contributed by atoms with Crippen LogP contribution in [0.15, 0.2) is 18.2 Å². The molecule has 20 heavy (non-hydrogen) atoms. The molecule has 1 aromatic rings. The highest BCUT2D eigenvalue weighted by Crippen LogP contribution is 2.41. The zero-order valence-electron chi connectivity index (χ0n) is 12.5. The first kappa shape index (κ1) is 13.6. The molecule has 0 atom stereocenters. The van der Waals surface area contributed by atoms with Crippen molar-refractivity contribution in [2.75, 3.05) is 23.8 Å². The number of benzene rings is 1. The summed E-state index contributed by atoms with van der Waals surface area (Å²) in [7, 11) is 0. The maximum atomic E-state index is 5.88. The molecule has 3 nitrogen and oxygen atoms in total. The summed E-state index contributed by atoms with van der Waals surface area (Å²) in [5.41, 5.74) is 2.68. The molecular weight excluding hydrogens is 248 g/mol. The van der Waals surface area contributed by atoms with Crippen molar-refractivity contribution in [3.8, 4) is 5.75 Å². The van der Waals surface area contributed by atoms with Gasteiger partial charge >= 0.3 is 0 Å². The van der Waals surface area contributed by atoms with Gasteiger partial charge in [0, 0.05) is 12.1 Å². The number of nitrogens with one attached hydrogen (secondary N) is 2. The number of rotatable bonds is 3. The molecule has 2 aliphatic rings. The van der Waals surface area contributed by atoms with Gasteiger partial charge < -0.3 is 15.4 Å². The number of para-hydroxylation sites is 1. The molecule has 0 aromatic heterocycles. The van der Waals surface area contributed by atoms with Gasteiger partial charge in [-0.2, -0.15) is 0 Å². The quantitative estimate of drug-likeness (QED) is 0.856. The van der Waals surface area contributed by atoms with E-state index in [0.717, 1.165) is 31.0 Å². The Balaban J connectivity index is 1.85. The molecule has 3 rings (SSSR count). The Kier molecular flexibility index (Phi) is 4.04. The van der Waals surface area contributed by atoms with Crippen LogP contribution in [0.4, 0.5) is 11.4 Å². The van der Waals surface area contributed by atoms with Gasteiger partial charge in [0.2, 0.25) is 0 Å². The van der Waals surface area contributed by atoms with E-state index in [0.29, 0.717) is 5.54 Å². The number of fused-ring (bicyclic) bond motifs is 1. The number of anilines is 2. The van der Waals surface area contributed by atoms with Crippen LogP contribution in [0, 0.1) is 0 Å². The summed E-state index contributed by atoms with van der Waals surface area (Å²) in [6, 6.07) is 6.35. The Morgan fingerprint density at radius 3 is 2.80 bits per heavy atom. The summed E-state index contributed by atoms with van der Waals surface area (Å²) in [5.74, 6) is 0.990. The first-order valence-corrected chi connectivity index (χ1v) is 8.11. The monoisotopic (exact) mass is 274 g/mol. The van der Waals surface area contributed by atoms with Crippen LogP contribution in [-0.2, 0) is 0 Å². The fraction of sp³-hybridized carbons (Fsp3) is 0.647. The highest BCUT2D eigenvalue weighted by Gasteiger charge is 2.34. The summed E-state index contributed by atoms with van der Waals surface area (Å²) < 4.78 is 5.88. The van der Waals surface area contributed by atoms with Gasteiger partial charge in [-0.1, -0.05) is 32.3 Å². The molecule has 0 unspecified atom stereocenters. The Bertz CT molecular complexity index is 452. The second kappa shape index (κ2) is 5.94. The maximum Gasteiger partial charge on any atom is 0.144 e. The van der Waals surface area contributed by atoms with Crippen LogP contribution in [0.3, 0.4) is 0 Å². The van der Waals surface area contributed by atoms with Gasteiger partial charge in [-0.15, -0.1) is 0 Å².